The predicted molar refractivity (Wildman–Crippen MR) is 121 cm³/mol. The quantitative estimate of drug-likeness (QED) is 0.277. The van der Waals surface area contributed by atoms with Gasteiger partial charge in [0.25, 0.3) is 5.91 Å². The number of hydrogen-bond donors (Lipinski definition) is 3. The van der Waals surface area contributed by atoms with Crippen molar-refractivity contribution in [3.63, 3.8) is 0 Å². The molecule has 0 spiro atoms. The van der Waals surface area contributed by atoms with Crippen LogP contribution in [-0.2, 0) is 6.61 Å². The highest BCUT2D eigenvalue weighted by Gasteiger charge is 2.22. The van der Waals surface area contributed by atoms with Crippen molar-refractivity contribution >= 4 is 34.8 Å². The maximum atomic E-state index is 14.6. The molecule has 12 heteroatoms. The number of phenols is 1. The number of aromatic hydroxyl groups is 1. The first-order valence-electron chi connectivity index (χ1n) is 9.66. The van der Waals surface area contributed by atoms with E-state index in [1.807, 2.05) is 0 Å². The summed E-state index contributed by atoms with van der Waals surface area (Å²) in [4.78, 5) is 20.4. The molecule has 0 atom stereocenters. The van der Waals surface area contributed by atoms with Gasteiger partial charge in [-0.25, -0.2) is 14.4 Å². The van der Waals surface area contributed by atoms with Crippen LogP contribution in [0, 0.1) is 12.7 Å². The number of aliphatic hydroxyl groups excluding tert-OH is 1. The summed E-state index contributed by atoms with van der Waals surface area (Å²) >= 11 is 11.9. The second-order valence-electron chi connectivity index (χ2n) is 6.85. The molecular weight excluding hydrogens is 501 g/mol. The van der Waals surface area contributed by atoms with E-state index in [-0.39, 0.29) is 38.4 Å². The lowest BCUT2D eigenvalue weighted by atomic mass is 10.0. The number of pyridine rings is 2. The Balaban J connectivity index is 0.000000604. The Labute approximate surface area is 202 Å². The van der Waals surface area contributed by atoms with Crippen LogP contribution < -0.4 is 5.32 Å². The number of benzene rings is 1. The second kappa shape index (κ2) is 11.5. The smallest absolute Gasteiger partial charge is 0.388 e. The van der Waals surface area contributed by atoms with E-state index in [1.54, 1.807) is 13.0 Å². The van der Waals surface area contributed by atoms with Crippen molar-refractivity contribution in [1.82, 2.24) is 9.97 Å². The Kier molecular flexibility index (Phi) is 9.20. The highest BCUT2D eigenvalue weighted by Crippen LogP contribution is 2.31. The summed E-state index contributed by atoms with van der Waals surface area (Å²) in [5.74, 6) is -1.98. The third kappa shape index (κ3) is 7.02. The zero-order valence-electron chi connectivity index (χ0n) is 17.8. The third-order valence-corrected chi connectivity index (χ3v) is 5.06. The molecule has 34 heavy (non-hydrogen) atoms. The number of aromatic nitrogens is 2. The zero-order valence-corrected chi connectivity index (χ0v) is 19.4. The highest BCUT2D eigenvalue weighted by atomic mass is 35.5. The zero-order chi connectivity index (χ0) is 25.6. The molecule has 3 rings (SSSR count). The molecule has 3 aromatic rings. The third-order valence-electron chi connectivity index (χ3n) is 4.43. The maximum Gasteiger partial charge on any atom is 0.388 e. The number of carbonyl (C=O) groups is 1. The van der Waals surface area contributed by atoms with Gasteiger partial charge in [0.2, 0.25) is 0 Å². The minimum atomic E-state index is -3.96. The monoisotopic (exact) mass is 519 g/mol. The summed E-state index contributed by atoms with van der Waals surface area (Å²) in [7, 11) is 0. The molecule has 182 valence electrons. The van der Waals surface area contributed by atoms with Gasteiger partial charge in [-0.05, 0) is 42.8 Å². The number of hydrogen-bond acceptors (Lipinski definition) is 5. The van der Waals surface area contributed by atoms with Crippen LogP contribution in [0.5, 0.6) is 5.75 Å². The van der Waals surface area contributed by atoms with Gasteiger partial charge in [-0.1, -0.05) is 30.1 Å². The molecule has 0 aliphatic rings. The first-order chi connectivity index (χ1) is 15.9. The number of nitrogens with zero attached hydrogens (tertiary/aromatic N) is 2. The molecule has 0 radical (unpaired) electrons. The van der Waals surface area contributed by atoms with Gasteiger partial charge in [0, 0.05) is 18.2 Å². The van der Waals surface area contributed by atoms with E-state index in [2.05, 4.69) is 15.3 Å². The summed E-state index contributed by atoms with van der Waals surface area (Å²) in [6.45, 7) is 2.38. The summed E-state index contributed by atoms with van der Waals surface area (Å²) in [5, 5.41) is 22.4. The van der Waals surface area contributed by atoms with Crippen molar-refractivity contribution in [2.75, 3.05) is 5.32 Å². The van der Waals surface area contributed by atoms with Crippen LogP contribution in [0.3, 0.4) is 0 Å². The molecule has 0 saturated heterocycles. The number of carbonyl (C=O) groups excluding carboxylic acids is 1. The van der Waals surface area contributed by atoms with Crippen molar-refractivity contribution in [2.45, 2.75) is 33.1 Å². The van der Waals surface area contributed by atoms with E-state index >= 15 is 0 Å². The van der Waals surface area contributed by atoms with Crippen LogP contribution in [0.25, 0.3) is 11.3 Å². The largest absolute Gasteiger partial charge is 0.507 e. The van der Waals surface area contributed by atoms with Gasteiger partial charge in [0.15, 0.2) is 5.15 Å². The lowest BCUT2D eigenvalue weighted by Crippen LogP contribution is -2.14. The minimum Gasteiger partial charge on any atom is -0.507 e. The van der Waals surface area contributed by atoms with Gasteiger partial charge in [-0.2, -0.15) is 13.2 Å². The molecule has 1 aromatic carbocycles. The molecule has 0 aliphatic carbocycles. The second-order valence-corrected chi connectivity index (χ2v) is 7.61. The van der Waals surface area contributed by atoms with E-state index in [4.69, 9.17) is 23.2 Å². The Hall–Kier alpha value is -2.95. The minimum absolute atomic E-state index is 0.0454. The SMILES string of the molecule is CCC(F)(F)F.Cc1ccnc(Cl)c1NC(=O)c1cc(F)c(-c2ccc(Cl)c(CO)n2)cc1O. The average molecular weight is 520 g/mol. The first kappa shape index (κ1) is 27.3. The maximum absolute atomic E-state index is 14.6. The Morgan fingerprint density at radius 3 is 2.38 bits per heavy atom. The summed E-state index contributed by atoms with van der Waals surface area (Å²) < 4.78 is 47.0. The number of nitrogens with one attached hydrogen (secondary N) is 1. The van der Waals surface area contributed by atoms with Gasteiger partial charge in [0.05, 0.1) is 34.3 Å². The summed E-state index contributed by atoms with van der Waals surface area (Å²) in [6, 6.07) is 6.53. The van der Waals surface area contributed by atoms with Gasteiger partial charge < -0.3 is 15.5 Å². The molecule has 0 aliphatic heterocycles. The molecule has 3 N–H and O–H groups in total. The fraction of sp³-hybridized carbons (Fsp3) is 0.227. The first-order valence-corrected chi connectivity index (χ1v) is 10.4. The lowest BCUT2D eigenvalue weighted by molar-refractivity contribution is -0.130. The van der Waals surface area contributed by atoms with E-state index in [9.17, 15) is 32.6 Å². The predicted octanol–water partition coefficient (Wildman–Crippen LogP) is 6.31. The van der Waals surface area contributed by atoms with Crippen LogP contribution in [0.15, 0.2) is 36.5 Å². The van der Waals surface area contributed by atoms with E-state index in [1.165, 1.54) is 18.3 Å². The molecule has 6 nitrogen and oxygen atoms in total. The molecule has 0 unspecified atom stereocenters. The standard InChI is InChI=1S/C19H14Cl2FN3O3.C3H5F3/c1-9-4-5-23-18(21)17(9)25-19(28)11-6-13(22)10(7-16(11)27)14-3-2-12(20)15(8-26)24-14;1-2-3(4,5)6/h2-7,26-27H,8H2,1H3,(H,25,28);2H2,1H3. The number of phenolic OH excluding ortho intramolecular Hbond substituents is 1. The van der Waals surface area contributed by atoms with Crippen molar-refractivity contribution in [1.29, 1.82) is 0 Å². The van der Waals surface area contributed by atoms with Crippen LogP contribution in [0.4, 0.5) is 23.2 Å². The van der Waals surface area contributed by atoms with Gasteiger partial charge >= 0.3 is 6.18 Å². The van der Waals surface area contributed by atoms with Crippen LogP contribution in [0.2, 0.25) is 10.2 Å². The number of aliphatic hydroxyl groups is 1. The molecule has 0 bridgehead atoms. The number of alkyl halides is 3. The summed E-state index contributed by atoms with van der Waals surface area (Å²) in [5.41, 5.74) is 0.922. The summed E-state index contributed by atoms with van der Waals surface area (Å²) in [6.07, 6.45) is -3.20. The Morgan fingerprint density at radius 2 is 1.82 bits per heavy atom. The van der Waals surface area contributed by atoms with E-state index in [0.717, 1.165) is 19.1 Å². The Bertz CT molecular complexity index is 1170. The van der Waals surface area contributed by atoms with Crippen LogP contribution in [-0.4, -0.2) is 32.3 Å². The topological polar surface area (TPSA) is 95.3 Å². The highest BCUT2D eigenvalue weighted by molar-refractivity contribution is 6.33. The molecule has 0 saturated carbocycles. The molecule has 2 heterocycles. The average Bonchev–Trinajstić information content (AvgIpc) is 2.78. The number of halogens is 6. The molecule has 1 amide bonds. The normalized spacial score (nSPS) is 11.0. The van der Waals surface area contributed by atoms with Gasteiger partial charge in [-0.3, -0.25) is 4.79 Å². The fourth-order valence-electron chi connectivity index (χ4n) is 2.54. The van der Waals surface area contributed by atoms with Crippen LogP contribution in [0.1, 0.15) is 35.0 Å². The van der Waals surface area contributed by atoms with E-state index < -0.39 is 36.7 Å². The van der Waals surface area contributed by atoms with Gasteiger partial charge in [0.1, 0.15) is 11.6 Å². The number of rotatable bonds is 4. The Morgan fingerprint density at radius 1 is 1.18 bits per heavy atom. The molecular formula is C22H19Cl2F4N3O3. The molecule has 0 fully saturated rings. The number of anilines is 1. The molecule has 2 aromatic heterocycles. The van der Waals surface area contributed by atoms with Crippen molar-refractivity contribution < 1.29 is 32.6 Å². The van der Waals surface area contributed by atoms with Gasteiger partial charge in [-0.15, -0.1) is 0 Å². The lowest BCUT2D eigenvalue weighted by Gasteiger charge is -2.12. The van der Waals surface area contributed by atoms with Crippen molar-refractivity contribution in [2.24, 2.45) is 0 Å². The van der Waals surface area contributed by atoms with Crippen LogP contribution >= 0.6 is 23.2 Å². The van der Waals surface area contributed by atoms with E-state index in [0.29, 0.717) is 5.56 Å². The van der Waals surface area contributed by atoms with Crippen molar-refractivity contribution in [3.05, 3.63) is 69.3 Å². The van der Waals surface area contributed by atoms with Crippen molar-refractivity contribution in [3.8, 4) is 17.0 Å². The number of amides is 1. The fourth-order valence-corrected chi connectivity index (χ4v) is 2.96. The number of aryl methyl sites for hydroxylation is 1.